The Morgan fingerprint density at radius 3 is 1.85 bits per heavy atom. The third-order valence-electron chi connectivity index (χ3n) is 4.13. The summed E-state index contributed by atoms with van der Waals surface area (Å²) in [4.78, 5) is 0. The summed E-state index contributed by atoms with van der Waals surface area (Å²) in [6.07, 6.45) is 6.57. The molecule has 2 aromatic carbocycles. The van der Waals surface area contributed by atoms with Crippen LogP contribution in [-0.4, -0.2) is 4.57 Å². The summed E-state index contributed by atoms with van der Waals surface area (Å²) in [6, 6.07) is 25.7. The summed E-state index contributed by atoms with van der Waals surface area (Å²) in [7, 11) is 0. The maximum absolute atomic E-state index is 2.30. The summed E-state index contributed by atoms with van der Waals surface area (Å²) < 4.78 is 2.21. The Morgan fingerprint density at radius 2 is 1.25 bits per heavy atom. The molecule has 0 amide bonds. The molecule has 0 spiro atoms. The van der Waals surface area contributed by atoms with Gasteiger partial charge in [-0.25, -0.2) is 0 Å². The topological polar surface area (TPSA) is 4.93 Å². The lowest BCUT2D eigenvalue weighted by Gasteiger charge is -2.29. The Bertz CT molecular complexity index is 711. The number of hydrogen-bond donors (Lipinski definition) is 0. The Morgan fingerprint density at radius 1 is 0.650 bits per heavy atom. The zero-order chi connectivity index (χ0) is 13.4. The molecule has 2 heterocycles. The molecule has 1 aliphatic rings. The van der Waals surface area contributed by atoms with Crippen LogP contribution >= 0.6 is 0 Å². The number of hydrogen-bond acceptors (Lipinski definition) is 0. The summed E-state index contributed by atoms with van der Waals surface area (Å²) in [5.41, 5.74) is 3.74. The first-order chi connectivity index (χ1) is 9.91. The van der Waals surface area contributed by atoms with Gasteiger partial charge < -0.3 is 4.57 Å². The van der Waals surface area contributed by atoms with Crippen LogP contribution in [0.2, 0.25) is 0 Å². The molecule has 3 aromatic rings. The van der Waals surface area contributed by atoms with Gasteiger partial charge in [0.05, 0.1) is 5.41 Å². The van der Waals surface area contributed by atoms with Gasteiger partial charge in [0.25, 0.3) is 0 Å². The average Bonchev–Trinajstić information content (AvgIpc) is 3.11. The molecule has 1 aliphatic heterocycles. The fraction of sp³-hybridized carbons (Fsp3) is 0.0526. The van der Waals surface area contributed by atoms with Gasteiger partial charge in [-0.2, -0.15) is 0 Å². The number of rotatable bonds is 2. The van der Waals surface area contributed by atoms with Crippen LogP contribution in [0.4, 0.5) is 0 Å². The van der Waals surface area contributed by atoms with Gasteiger partial charge in [-0.15, -0.1) is 0 Å². The van der Waals surface area contributed by atoms with Gasteiger partial charge in [0, 0.05) is 18.1 Å². The van der Waals surface area contributed by atoms with E-state index in [9.17, 15) is 0 Å². The van der Waals surface area contributed by atoms with Crippen LogP contribution in [0.5, 0.6) is 0 Å². The average molecular weight is 257 g/mol. The Labute approximate surface area is 118 Å². The molecule has 96 valence electrons. The van der Waals surface area contributed by atoms with Crippen molar-refractivity contribution in [2.24, 2.45) is 0 Å². The maximum Gasteiger partial charge on any atom is 0.0805 e. The van der Waals surface area contributed by atoms with Crippen LogP contribution in [0, 0.1) is 0 Å². The highest BCUT2D eigenvalue weighted by Crippen LogP contribution is 2.43. The number of benzene rings is 2. The Kier molecular flexibility index (Phi) is 2.40. The number of allylic oxidation sites excluding steroid dienone is 1. The quantitative estimate of drug-likeness (QED) is 0.645. The Balaban J connectivity index is 2.04. The van der Waals surface area contributed by atoms with E-state index in [-0.39, 0.29) is 5.41 Å². The lowest BCUT2D eigenvalue weighted by molar-refractivity contribution is 0.763. The summed E-state index contributed by atoms with van der Waals surface area (Å²) in [5.74, 6) is 0. The molecular formula is C19H15N. The molecule has 0 radical (unpaired) electrons. The predicted octanol–water partition coefficient (Wildman–Crippen LogP) is 4.31. The van der Waals surface area contributed by atoms with Gasteiger partial charge in [0.15, 0.2) is 0 Å². The second-order valence-electron chi connectivity index (χ2n) is 5.16. The maximum atomic E-state index is 2.30. The fourth-order valence-electron chi connectivity index (χ4n) is 3.19. The zero-order valence-corrected chi connectivity index (χ0v) is 11.1. The van der Waals surface area contributed by atoms with Crippen LogP contribution in [0.25, 0.3) is 6.20 Å². The van der Waals surface area contributed by atoms with Gasteiger partial charge in [-0.05, 0) is 29.3 Å². The lowest BCUT2D eigenvalue weighted by Crippen LogP contribution is -2.25. The highest BCUT2D eigenvalue weighted by molar-refractivity contribution is 5.61. The van der Waals surface area contributed by atoms with Gasteiger partial charge in [0.1, 0.15) is 0 Å². The Hall–Kier alpha value is -2.54. The molecule has 0 bridgehead atoms. The highest BCUT2D eigenvalue weighted by atomic mass is 15.0. The molecule has 0 atom stereocenters. The summed E-state index contributed by atoms with van der Waals surface area (Å²) in [6.45, 7) is 0. The fourth-order valence-corrected chi connectivity index (χ4v) is 3.19. The molecule has 0 saturated heterocycles. The SMILES string of the molecule is C1=CC(c2ccccc2)(c2ccccc2)c2cccn21. The van der Waals surface area contributed by atoms with E-state index < -0.39 is 0 Å². The molecule has 0 N–H and O–H groups in total. The third kappa shape index (κ3) is 1.44. The minimum absolute atomic E-state index is 0.175. The lowest BCUT2D eigenvalue weighted by atomic mass is 9.73. The molecule has 1 nitrogen and oxygen atoms in total. The third-order valence-corrected chi connectivity index (χ3v) is 4.13. The molecule has 4 rings (SSSR count). The van der Waals surface area contributed by atoms with Crippen molar-refractivity contribution in [3.63, 3.8) is 0 Å². The van der Waals surface area contributed by atoms with Crippen molar-refractivity contribution in [1.82, 2.24) is 4.57 Å². The largest absolute Gasteiger partial charge is 0.326 e. The minimum atomic E-state index is -0.175. The molecule has 1 heteroatoms. The van der Waals surface area contributed by atoms with E-state index in [1.54, 1.807) is 0 Å². The van der Waals surface area contributed by atoms with E-state index >= 15 is 0 Å². The molecule has 20 heavy (non-hydrogen) atoms. The second kappa shape index (κ2) is 4.24. The van der Waals surface area contributed by atoms with Gasteiger partial charge in [-0.3, -0.25) is 0 Å². The first-order valence-electron chi connectivity index (χ1n) is 6.89. The monoisotopic (exact) mass is 257 g/mol. The van der Waals surface area contributed by atoms with Crippen molar-refractivity contribution < 1.29 is 0 Å². The number of nitrogens with zero attached hydrogens (tertiary/aromatic N) is 1. The van der Waals surface area contributed by atoms with E-state index in [0.717, 1.165) is 0 Å². The molecule has 1 aromatic heterocycles. The van der Waals surface area contributed by atoms with Gasteiger partial charge >= 0.3 is 0 Å². The first kappa shape index (κ1) is 11.3. The van der Waals surface area contributed by atoms with E-state index in [1.807, 2.05) is 0 Å². The highest BCUT2D eigenvalue weighted by Gasteiger charge is 2.38. The standard InChI is InChI=1S/C19H15N/c1-3-8-16(9-4-1)19(17-10-5-2-6-11-17)13-15-20-14-7-12-18(19)20/h1-15H. The number of fused-ring (bicyclic) bond motifs is 1. The molecule has 0 fully saturated rings. The smallest absolute Gasteiger partial charge is 0.0805 e. The van der Waals surface area contributed by atoms with Gasteiger partial charge in [0.2, 0.25) is 0 Å². The van der Waals surface area contributed by atoms with Gasteiger partial charge in [-0.1, -0.05) is 60.7 Å². The number of aromatic nitrogens is 1. The zero-order valence-electron chi connectivity index (χ0n) is 11.1. The normalized spacial score (nSPS) is 15.2. The molecule has 0 saturated carbocycles. The van der Waals surface area contributed by atoms with Crippen LogP contribution in [-0.2, 0) is 5.41 Å². The van der Waals surface area contributed by atoms with Crippen molar-refractivity contribution in [3.8, 4) is 0 Å². The van der Waals surface area contributed by atoms with Crippen LogP contribution in [0.1, 0.15) is 16.8 Å². The minimum Gasteiger partial charge on any atom is -0.326 e. The van der Waals surface area contributed by atoms with Crippen molar-refractivity contribution in [1.29, 1.82) is 0 Å². The summed E-state index contributed by atoms with van der Waals surface area (Å²) in [5, 5.41) is 0. The van der Waals surface area contributed by atoms with Crippen LogP contribution < -0.4 is 0 Å². The molecule has 0 unspecified atom stereocenters. The van der Waals surface area contributed by atoms with E-state index in [1.165, 1.54) is 16.8 Å². The van der Waals surface area contributed by atoms with Crippen LogP contribution in [0.3, 0.4) is 0 Å². The molecular weight excluding hydrogens is 242 g/mol. The predicted molar refractivity (Wildman–Crippen MR) is 82.5 cm³/mol. The second-order valence-corrected chi connectivity index (χ2v) is 5.16. The van der Waals surface area contributed by atoms with Crippen molar-refractivity contribution in [2.45, 2.75) is 5.41 Å². The first-order valence-corrected chi connectivity index (χ1v) is 6.89. The van der Waals surface area contributed by atoms with E-state index in [0.29, 0.717) is 0 Å². The van der Waals surface area contributed by atoms with E-state index in [2.05, 4.69) is 95.8 Å². The van der Waals surface area contributed by atoms with Crippen molar-refractivity contribution >= 4 is 6.20 Å². The molecule has 0 aliphatic carbocycles. The van der Waals surface area contributed by atoms with E-state index in [4.69, 9.17) is 0 Å². The summed E-state index contributed by atoms with van der Waals surface area (Å²) >= 11 is 0. The van der Waals surface area contributed by atoms with Crippen LogP contribution in [0.15, 0.2) is 85.1 Å². The van der Waals surface area contributed by atoms with Crippen molar-refractivity contribution in [2.75, 3.05) is 0 Å². The van der Waals surface area contributed by atoms with Crippen molar-refractivity contribution in [3.05, 3.63) is 102 Å².